The van der Waals surface area contributed by atoms with Crippen LogP contribution in [-0.2, 0) is 23.8 Å². The van der Waals surface area contributed by atoms with Gasteiger partial charge in [0, 0.05) is 11.8 Å². The van der Waals surface area contributed by atoms with Crippen LogP contribution in [0.1, 0.15) is 94.1 Å². The Hall–Kier alpha value is -3.34. The molecule has 238 valence electrons. The summed E-state index contributed by atoms with van der Waals surface area (Å²) >= 11 is 0. The lowest BCUT2D eigenvalue weighted by Gasteiger charge is -2.33. The van der Waals surface area contributed by atoms with Gasteiger partial charge in [0.15, 0.2) is 11.5 Å². The number of rotatable bonds is 14. The first-order valence-corrected chi connectivity index (χ1v) is 14.4. The first-order valence-electron chi connectivity index (χ1n) is 14.4. The van der Waals surface area contributed by atoms with Gasteiger partial charge in [0.25, 0.3) is 0 Å². The molecule has 0 fully saturated rings. The molecule has 0 spiro atoms. The van der Waals surface area contributed by atoms with Crippen LogP contribution < -0.4 is 15.2 Å². The molecule has 0 heterocycles. The predicted molar refractivity (Wildman–Crippen MR) is 156 cm³/mol. The largest absolute Gasteiger partial charge is 0.514 e. The topological polar surface area (TPSA) is 161 Å². The van der Waals surface area contributed by atoms with Gasteiger partial charge in [-0.3, -0.25) is 9.59 Å². The van der Waals surface area contributed by atoms with Gasteiger partial charge < -0.3 is 34.5 Å². The fraction of sp³-hybridized carbons (Fsp3) is 0.677. The average Bonchev–Trinajstić information content (AvgIpc) is 2.89. The van der Waals surface area contributed by atoms with Crippen molar-refractivity contribution in [3.05, 3.63) is 23.8 Å². The molecule has 0 aliphatic rings. The summed E-state index contributed by atoms with van der Waals surface area (Å²) in [5.41, 5.74) is 5.77. The fourth-order valence-corrected chi connectivity index (χ4v) is 3.56. The quantitative estimate of drug-likeness (QED) is 0.141. The van der Waals surface area contributed by atoms with Crippen LogP contribution in [0.25, 0.3) is 0 Å². The van der Waals surface area contributed by atoms with Gasteiger partial charge in [0.05, 0.1) is 5.41 Å². The third-order valence-electron chi connectivity index (χ3n) is 7.89. The number of benzene rings is 1. The van der Waals surface area contributed by atoms with Gasteiger partial charge in [-0.05, 0) is 70.6 Å². The number of aliphatic carboxylic acids is 1. The molecule has 1 rings (SSSR count). The van der Waals surface area contributed by atoms with Crippen molar-refractivity contribution >= 4 is 24.2 Å². The number of carboxylic acid groups (broad SMARTS) is 1. The summed E-state index contributed by atoms with van der Waals surface area (Å²) < 4.78 is 27.1. The van der Waals surface area contributed by atoms with Crippen LogP contribution >= 0.6 is 0 Å². The molecule has 3 N–H and O–H groups in total. The summed E-state index contributed by atoms with van der Waals surface area (Å²) in [6.45, 7) is 19.7. The van der Waals surface area contributed by atoms with Crippen LogP contribution in [0.15, 0.2) is 18.2 Å². The highest BCUT2D eigenvalue weighted by Crippen LogP contribution is 2.38. The standard InChI is InChI=1S/C31H49NO10/c1-12-31(10,11)28(35)38-21(9)18(6)25(26(32)27(33)34)22-13-14-23(41-29(36)39-19(7)16(2)3)24(15-22)42-30(37)40-20(8)17(4)5/h13-21,25-26H,12,32H2,1-11H3,(H,33,34)/t18?,19?,20?,21?,25?,26-/m0/s1. The molecule has 6 atom stereocenters. The van der Waals surface area contributed by atoms with E-state index in [-0.39, 0.29) is 23.3 Å². The number of ether oxygens (including phenoxy) is 5. The molecule has 0 radical (unpaired) electrons. The van der Waals surface area contributed by atoms with E-state index in [0.29, 0.717) is 12.0 Å². The highest BCUT2D eigenvalue weighted by Gasteiger charge is 2.37. The monoisotopic (exact) mass is 595 g/mol. The number of esters is 1. The van der Waals surface area contributed by atoms with E-state index in [1.807, 2.05) is 34.6 Å². The van der Waals surface area contributed by atoms with Gasteiger partial charge in [-0.15, -0.1) is 0 Å². The van der Waals surface area contributed by atoms with Crippen molar-refractivity contribution < 1.29 is 48.0 Å². The second-order valence-electron chi connectivity index (χ2n) is 12.1. The second kappa shape index (κ2) is 15.8. The Morgan fingerprint density at radius 2 is 1.26 bits per heavy atom. The molecule has 0 aliphatic heterocycles. The minimum Gasteiger partial charge on any atom is -0.480 e. The van der Waals surface area contributed by atoms with Gasteiger partial charge in [-0.2, -0.15) is 0 Å². The molecular weight excluding hydrogens is 546 g/mol. The highest BCUT2D eigenvalue weighted by atomic mass is 16.7. The van der Waals surface area contributed by atoms with Crippen molar-refractivity contribution in [1.29, 1.82) is 0 Å². The number of hydrogen-bond acceptors (Lipinski definition) is 10. The zero-order chi connectivity index (χ0) is 32.5. The van der Waals surface area contributed by atoms with E-state index >= 15 is 0 Å². The van der Waals surface area contributed by atoms with Crippen LogP contribution in [-0.4, -0.2) is 53.7 Å². The molecular formula is C31H49NO10. The van der Waals surface area contributed by atoms with Gasteiger partial charge >= 0.3 is 24.2 Å². The number of nitrogens with two attached hydrogens (primary N) is 1. The number of hydrogen-bond donors (Lipinski definition) is 2. The van der Waals surface area contributed by atoms with Crippen molar-refractivity contribution in [3.63, 3.8) is 0 Å². The molecule has 1 aromatic carbocycles. The van der Waals surface area contributed by atoms with Gasteiger partial charge in [0.2, 0.25) is 0 Å². The van der Waals surface area contributed by atoms with Gasteiger partial charge in [0.1, 0.15) is 24.4 Å². The van der Waals surface area contributed by atoms with Crippen LogP contribution in [0.2, 0.25) is 0 Å². The minimum absolute atomic E-state index is 0.00721. The van der Waals surface area contributed by atoms with E-state index in [1.165, 1.54) is 18.2 Å². The Morgan fingerprint density at radius 3 is 1.69 bits per heavy atom. The summed E-state index contributed by atoms with van der Waals surface area (Å²) in [4.78, 5) is 50.0. The van der Waals surface area contributed by atoms with Gasteiger partial charge in [-0.1, -0.05) is 47.6 Å². The van der Waals surface area contributed by atoms with E-state index in [4.69, 9.17) is 29.4 Å². The fourth-order valence-electron chi connectivity index (χ4n) is 3.56. The van der Waals surface area contributed by atoms with Crippen LogP contribution in [0, 0.1) is 23.2 Å². The zero-order valence-corrected chi connectivity index (χ0v) is 26.8. The normalized spacial score (nSPS) is 16.0. The summed E-state index contributed by atoms with van der Waals surface area (Å²) in [6.07, 6.45) is -3.14. The lowest BCUT2D eigenvalue weighted by atomic mass is 9.79. The number of carbonyl (C=O) groups is 4. The van der Waals surface area contributed by atoms with Gasteiger partial charge in [-0.25, -0.2) is 9.59 Å². The SMILES string of the molecule is CCC(C)(C)C(=O)OC(C)C(C)C(c1ccc(OC(=O)OC(C)C(C)C)c(OC(=O)OC(C)C(C)C)c1)[C@H](N)C(=O)O. The highest BCUT2D eigenvalue weighted by molar-refractivity contribution is 5.76. The second-order valence-corrected chi connectivity index (χ2v) is 12.1. The zero-order valence-electron chi connectivity index (χ0n) is 26.8. The molecule has 0 saturated carbocycles. The average molecular weight is 596 g/mol. The molecule has 11 heteroatoms. The third-order valence-corrected chi connectivity index (χ3v) is 7.89. The summed E-state index contributed by atoms with van der Waals surface area (Å²) in [5.74, 6) is -3.49. The Morgan fingerprint density at radius 1 is 0.786 bits per heavy atom. The first-order chi connectivity index (χ1) is 19.3. The van der Waals surface area contributed by atoms with E-state index in [9.17, 15) is 24.3 Å². The van der Waals surface area contributed by atoms with Crippen molar-refractivity contribution in [3.8, 4) is 11.5 Å². The lowest BCUT2D eigenvalue weighted by Crippen LogP contribution is -2.43. The molecule has 5 unspecified atom stereocenters. The summed E-state index contributed by atoms with van der Waals surface area (Å²) in [5, 5.41) is 9.84. The molecule has 42 heavy (non-hydrogen) atoms. The third kappa shape index (κ3) is 10.5. The molecule has 0 saturated heterocycles. The van der Waals surface area contributed by atoms with E-state index in [2.05, 4.69) is 0 Å². The maximum atomic E-state index is 12.7. The molecule has 0 aromatic heterocycles. The maximum absolute atomic E-state index is 12.7. The lowest BCUT2D eigenvalue weighted by molar-refractivity contribution is -0.162. The molecule has 0 bridgehead atoms. The summed E-state index contributed by atoms with van der Waals surface area (Å²) in [7, 11) is 0. The van der Waals surface area contributed by atoms with Crippen molar-refractivity contribution in [2.45, 2.75) is 113 Å². The molecule has 0 aliphatic carbocycles. The van der Waals surface area contributed by atoms with E-state index in [0.717, 1.165) is 0 Å². The van der Waals surface area contributed by atoms with Crippen LogP contribution in [0.4, 0.5) is 9.59 Å². The minimum atomic E-state index is -1.41. The Bertz CT molecular complexity index is 1080. The number of carbonyl (C=O) groups excluding carboxylic acids is 3. The predicted octanol–water partition coefficient (Wildman–Crippen LogP) is 6.31. The molecule has 0 amide bonds. The van der Waals surface area contributed by atoms with Crippen molar-refractivity contribution in [1.82, 2.24) is 0 Å². The summed E-state index contributed by atoms with van der Waals surface area (Å²) in [6, 6.07) is 2.82. The molecule has 1 aromatic rings. The smallest absolute Gasteiger partial charge is 0.480 e. The Kier molecular flexibility index (Phi) is 13.8. The maximum Gasteiger partial charge on any atom is 0.514 e. The van der Waals surface area contributed by atoms with Crippen LogP contribution in [0.5, 0.6) is 11.5 Å². The van der Waals surface area contributed by atoms with Crippen molar-refractivity contribution in [2.24, 2.45) is 28.9 Å². The first kappa shape index (κ1) is 36.7. The van der Waals surface area contributed by atoms with Crippen molar-refractivity contribution in [2.75, 3.05) is 0 Å². The Balaban J connectivity index is 3.52. The van der Waals surface area contributed by atoms with E-state index in [1.54, 1.807) is 41.5 Å². The number of carboxylic acids is 1. The Labute approximate surface area is 249 Å². The van der Waals surface area contributed by atoms with E-state index < -0.39 is 65.9 Å². The molecule has 11 nitrogen and oxygen atoms in total. The van der Waals surface area contributed by atoms with Crippen LogP contribution in [0.3, 0.4) is 0 Å².